The molecule has 0 bridgehead atoms. The highest BCUT2D eigenvalue weighted by Gasteiger charge is 2.05. The van der Waals surface area contributed by atoms with Crippen LogP contribution in [-0.4, -0.2) is 19.9 Å². The molecular formula is C10H10ClN3OS. The van der Waals surface area contributed by atoms with E-state index in [0.29, 0.717) is 16.2 Å². The Morgan fingerprint density at radius 2 is 2.31 bits per heavy atom. The van der Waals surface area contributed by atoms with Gasteiger partial charge in [0.25, 0.3) is 0 Å². The predicted octanol–water partition coefficient (Wildman–Crippen LogP) is 2.43. The van der Waals surface area contributed by atoms with Crippen LogP contribution in [0.4, 0.5) is 0 Å². The van der Waals surface area contributed by atoms with E-state index in [0.717, 1.165) is 11.4 Å². The van der Waals surface area contributed by atoms with Gasteiger partial charge in [0.15, 0.2) is 4.77 Å². The topological polar surface area (TPSA) is 53.8 Å². The van der Waals surface area contributed by atoms with E-state index >= 15 is 0 Å². The number of aromatic nitrogens is 3. The molecule has 0 fully saturated rings. The molecule has 1 aromatic heterocycles. The van der Waals surface area contributed by atoms with Crippen molar-refractivity contribution >= 4 is 23.8 Å². The average Bonchev–Trinajstić information content (AvgIpc) is 2.55. The Labute approximate surface area is 103 Å². The zero-order chi connectivity index (χ0) is 11.7. The van der Waals surface area contributed by atoms with Crippen molar-refractivity contribution in [3.8, 4) is 5.75 Å². The molecule has 0 atom stereocenters. The third kappa shape index (κ3) is 2.10. The Kier molecular flexibility index (Phi) is 2.98. The van der Waals surface area contributed by atoms with Gasteiger partial charge < -0.3 is 9.67 Å². The van der Waals surface area contributed by atoms with Gasteiger partial charge >= 0.3 is 0 Å². The van der Waals surface area contributed by atoms with Crippen molar-refractivity contribution in [2.24, 2.45) is 7.05 Å². The molecule has 0 aliphatic rings. The van der Waals surface area contributed by atoms with E-state index in [1.54, 1.807) is 16.7 Å². The first-order valence-electron chi connectivity index (χ1n) is 4.65. The molecule has 0 spiro atoms. The molecule has 2 aromatic rings. The van der Waals surface area contributed by atoms with Crippen LogP contribution in [0.1, 0.15) is 11.4 Å². The number of benzene rings is 1. The molecule has 0 saturated heterocycles. The van der Waals surface area contributed by atoms with Gasteiger partial charge in [0.05, 0.1) is 5.02 Å². The van der Waals surface area contributed by atoms with Crippen molar-refractivity contribution in [1.29, 1.82) is 0 Å². The van der Waals surface area contributed by atoms with Crippen molar-refractivity contribution in [3.05, 3.63) is 39.4 Å². The van der Waals surface area contributed by atoms with Crippen LogP contribution in [-0.2, 0) is 13.5 Å². The van der Waals surface area contributed by atoms with Gasteiger partial charge in [-0.1, -0.05) is 17.7 Å². The minimum Gasteiger partial charge on any atom is -0.506 e. The zero-order valence-electron chi connectivity index (χ0n) is 8.57. The molecule has 1 aromatic carbocycles. The second-order valence-corrected chi connectivity index (χ2v) is 4.26. The molecule has 0 saturated carbocycles. The molecule has 0 aliphatic heterocycles. The number of hydrogen-bond acceptors (Lipinski definition) is 3. The van der Waals surface area contributed by atoms with Gasteiger partial charge in [-0.05, 0) is 29.9 Å². The summed E-state index contributed by atoms with van der Waals surface area (Å²) in [6.45, 7) is 0. The average molecular weight is 256 g/mol. The van der Waals surface area contributed by atoms with E-state index in [1.807, 2.05) is 13.1 Å². The maximum Gasteiger partial charge on any atom is 0.194 e. The Bertz CT molecular complexity index is 576. The normalized spacial score (nSPS) is 10.6. The molecule has 4 nitrogen and oxygen atoms in total. The first-order valence-corrected chi connectivity index (χ1v) is 5.44. The van der Waals surface area contributed by atoms with Crippen LogP contribution in [0.2, 0.25) is 5.02 Å². The quantitative estimate of drug-likeness (QED) is 0.811. The highest BCUT2D eigenvalue weighted by Crippen LogP contribution is 2.24. The van der Waals surface area contributed by atoms with E-state index in [4.69, 9.17) is 23.8 Å². The van der Waals surface area contributed by atoms with Crippen LogP contribution >= 0.6 is 23.8 Å². The number of nitrogens with zero attached hydrogens (tertiary/aromatic N) is 2. The van der Waals surface area contributed by atoms with Crippen LogP contribution in [0.15, 0.2) is 18.2 Å². The number of nitrogens with one attached hydrogen (secondary N) is 1. The van der Waals surface area contributed by atoms with E-state index < -0.39 is 0 Å². The van der Waals surface area contributed by atoms with E-state index in [-0.39, 0.29) is 5.75 Å². The number of H-pyrrole nitrogens is 1. The second kappa shape index (κ2) is 4.27. The number of phenols is 1. The van der Waals surface area contributed by atoms with Gasteiger partial charge in [0, 0.05) is 13.5 Å². The van der Waals surface area contributed by atoms with Crippen LogP contribution < -0.4 is 0 Å². The summed E-state index contributed by atoms with van der Waals surface area (Å²) in [5.41, 5.74) is 0.930. The van der Waals surface area contributed by atoms with Crippen LogP contribution in [0.3, 0.4) is 0 Å². The summed E-state index contributed by atoms with van der Waals surface area (Å²) in [6.07, 6.45) is 0.592. The third-order valence-electron chi connectivity index (χ3n) is 2.35. The smallest absolute Gasteiger partial charge is 0.194 e. The van der Waals surface area contributed by atoms with Crippen molar-refractivity contribution in [2.45, 2.75) is 6.42 Å². The summed E-state index contributed by atoms with van der Waals surface area (Å²) in [4.78, 5) is 0. The first kappa shape index (κ1) is 11.2. The lowest BCUT2D eigenvalue weighted by Crippen LogP contribution is -1.99. The molecule has 16 heavy (non-hydrogen) atoms. The lowest BCUT2D eigenvalue weighted by atomic mass is 10.1. The largest absolute Gasteiger partial charge is 0.506 e. The second-order valence-electron chi connectivity index (χ2n) is 3.47. The summed E-state index contributed by atoms with van der Waals surface area (Å²) in [5, 5.41) is 16.6. The zero-order valence-corrected chi connectivity index (χ0v) is 10.1. The first-order chi connectivity index (χ1) is 7.58. The number of phenolic OH excluding ortho intramolecular Hbond substituents is 1. The maximum atomic E-state index is 9.47. The van der Waals surface area contributed by atoms with Crippen LogP contribution in [0.5, 0.6) is 5.75 Å². The molecule has 1 heterocycles. The Hall–Kier alpha value is -1.33. The van der Waals surface area contributed by atoms with E-state index in [1.165, 1.54) is 0 Å². The lowest BCUT2D eigenvalue weighted by molar-refractivity contribution is 0.475. The molecular weight excluding hydrogens is 246 g/mol. The summed E-state index contributed by atoms with van der Waals surface area (Å²) in [7, 11) is 1.84. The monoisotopic (exact) mass is 255 g/mol. The minimum absolute atomic E-state index is 0.0796. The lowest BCUT2D eigenvalue weighted by Gasteiger charge is -2.03. The van der Waals surface area contributed by atoms with Crippen molar-refractivity contribution in [1.82, 2.24) is 14.8 Å². The minimum atomic E-state index is 0.0796. The number of hydrogen-bond donors (Lipinski definition) is 2. The maximum absolute atomic E-state index is 9.47. The van der Waals surface area contributed by atoms with Gasteiger partial charge in [-0.2, -0.15) is 5.10 Å². The summed E-state index contributed by atoms with van der Waals surface area (Å²) in [6, 6.07) is 5.13. The van der Waals surface area contributed by atoms with Crippen LogP contribution in [0.25, 0.3) is 0 Å². The van der Waals surface area contributed by atoms with Crippen molar-refractivity contribution in [2.75, 3.05) is 0 Å². The number of halogens is 1. The molecule has 0 radical (unpaired) electrons. The summed E-state index contributed by atoms with van der Waals surface area (Å²) >= 11 is 10.7. The number of rotatable bonds is 2. The molecule has 84 valence electrons. The third-order valence-corrected chi connectivity index (χ3v) is 3.03. The molecule has 6 heteroatoms. The van der Waals surface area contributed by atoms with E-state index in [2.05, 4.69) is 10.2 Å². The fraction of sp³-hybridized carbons (Fsp3) is 0.200. The van der Waals surface area contributed by atoms with Gasteiger partial charge in [-0.25, -0.2) is 0 Å². The van der Waals surface area contributed by atoms with Gasteiger partial charge in [-0.3, -0.25) is 5.10 Å². The van der Waals surface area contributed by atoms with E-state index in [9.17, 15) is 5.11 Å². The summed E-state index contributed by atoms with van der Waals surface area (Å²) in [5.74, 6) is 0.891. The number of aromatic amines is 1. The Morgan fingerprint density at radius 1 is 1.56 bits per heavy atom. The number of aromatic hydroxyl groups is 1. The molecule has 0 unspecified atom stereocenters. The standard InChI is InChI=1S/C10H10ClN3OS/c1-14-9(12-13-10(14)16)5-6-2-3-7(11)8(15)4-6/h2-4,15H,5H2,1H3,(H,13,16). The molecule has 0 aliphatic carbocycles. The fourth-order valence-electron chi connectivity index (χ4n) is 1.39. The van der Waals surface area contributed by atoms with Crippen molar-refractivity contribution in [3.63, 3.8) is 0 Å². The fourth-order valence-corrected chi connectivity index (χ4v) is 1.66. The predicted molar refractivity (Wildman–Crippen MR) is 64.3 cm³/mol. The van der Waals surface area contributed by atoms with Gasteiger partial charge in [-0.15, -0.1) is 0 Å². The highest BCUT2D eigenvalue weighted by atomic mass is 35.5. The molecule has 0 amide bonds. The van der Waals surface area contributed by atoms with Crippen molar-refractivity contribution < 1.29 is 5.11 Å². The highest BCUT2D eigenvalue weighted by molar-refractivity contribution is 7.71. The Balaban J connectivity index is 2.31. The molecule has 2 N–H and O–H groups in total. The Morgan fingerprint density at radius 3 is 2.88 bits per heavy atom. The van der Waals surface area contributed by atoms with Gasteiger partial charge in [0.2, 0.25) is 0 Å². The molecule has 2 rings (SSSR count). The van der Waals surface area contributed by atoms with Crippen LogP contribution in [0, 0.1) is 4.77 Å². The summed E-state index contributed by atoms with van der Waals surface area (Å²) < 4.78 is 2.37. The SMILES string of the molecule is Cn1c(Cc2ccc(Cl)c(O)c2)n[nH]c1=S. The van der Waals surface area contributed by atoms with Gasteiger partial charge in [0.1, 0.15) is 11.6 Å².